The Bertz CT molecular complexity index is 744. The van der Waals surface area contributed by atoms with Gasteiger partial charge in [-0.1, -0.05) is 0 Å². The number of hydrogen-bond donors (Lipinski definition) is 3. The molecule has 0 fully saturated rings. The lowest BCUT2D eigenvalue weighted by Gasteiger charge is -2.20. The minimum atomic E-state index is -1.15. The van der Waals surface area contributed by atoms with E-state index in [4.69, 9.17) is 0 Å². The SMILES string of the molecule is CCNC(=NCC(C)(O)c1cnn(C)c1)NCCc1cc(F)cc(F)c1.I. The van der Waals surface area contributed by atoms with Gasteiger partial charge in [-0.15, -0.1) is 24.0 Å². The number of aromatic nitrogens is 2. The Morgan fingerprint density at radius 1 is 1.26 bits per heavy atom. The van der Waals surface area contributed by atoms with E-state index in [0.717, 1.165) is 6.07 Å². The van der Waals surface area contributed by atoms with Crippen molar-refractivity contribution in [2.75, 3.05) is 19.6 Å². The minimum Gasteiger partial charge on any atom is -0.383 e. The third-order valence-corrected chi connectivity index (χ3v) is 3.84. The second-order valence-electron chi connectivity index (χ2n) is 6.33. The summed E-state index contributed by atoms with van der Waals surface area (Å²) in [5.74, 6) is -0.658. The fraction of sp³-hybridized carbons (Fsp3) is 0.444. The highest BCUT2D eigenvalue weighted by Gasteiger charge is 2.24. The number of aliphatic hydroxyl groups is 1. The molecule has 1 atom stereocenters. The Morgan fingerprint density at radius 2 is 1.93 bits per heavy atom. The van der Waals surface area contributed by atoms with E-state index in [1.54, 1.807) is 31.0 Å². The predicted molar refractivity (Wildman–Crippen MR) is 112 cm³/mol. The Hall–Kier alpha value is -1.75. The first-order chi connectivity index (χ1) is 12.3. The van der Waals surface area contributed by atoms with Crippen molar-refractivity contribution in [3.63, 3.8) is 0 Å². The van der Waals surface area contributed by atoms with Crippen LogP contribution in [0.1, 0.15) is 25.0 Å². The molecule has 6 nitrogen and oxygen atoms in total. The molecule has 2 aromatic rings. The van der Waals surface area contributed by atoms with E-state index in [-0.39, 0.29) is 30.5 Å². The normalized spacial score (nSPS) is 13.6. The number of nitrogens with one attached hydrogen (secondary N) is 2. The lowest BCUT2D eigenvalue weighted by Crippen LogP contribution is -2.39. The van der Waals surface area contributed by atoms with Crippen LogP contribution in [0.5, 0.6) is 0 Å². The van der Waals surface area contributed by atoms with Gasteiger partial charge in [0, 0.05) is 38.0 Å². The van der Waals surface area contributed by atoms with E-state index in [0.29, 0.717) is 36.6 Å². The number of halogens is 3. The highest BCUT2D eigenvalue weighted by Crippen LogP contribution is 2.19. The summed E-state index contributed by atoms with van der Waals surface area (Å²) in [6, 6.07) is 3.47. The number of guanidine groups is 1. The highest BCUT2D eigenvalue weighted by atomic mass is 127. The molecule has 0 bridgehead atoms. The van der Waals surface area contributed by atoms with Crippen LogP contribution in [0.25, 0.3) is 0 Å². The monoisotopic (exact) mass is 493 g/mol. The molecular weight excluding hydrogens is 467 g/mol. The number of hydrogen-bond acceptors (Lipinski definition) is 3. The van der Waals surface area contributed by atoms with Crippen molar-refractivity contribution in [1.82, 2.24) is 20.4 Å². The summed E-state index contributed by atoms with van der Waals surface area (Å²) in [4.78, 5) is 4.40. The Morgan fingerprint density at radius 3 is 2.48 bits per heavy atom. The topological polar surface area (TPSA) is 74.5 Å². The highest BCUT2D eigenvalue weighted by molar-refractivity contribution is 14.0. The molecule has 1 unspecified atom stereocenters. The summed E-state index contributed by atoms with van der Waals surface area (Å²) in [5.41, 5.74) is 0.0884. The molecule has 1 heterocycles. The van der Waals surface area contributed by atoms with Gasteiger partial charge in [0.15, 0.2) is 5.96 Å². The van der Waals surface area contributed by atoms with Gasteiger partial charge in [0.1, 0.15) is 17.2 Å². The molecule has 150 valence electrons. The van der Waals surface area contributed by atoms with Crippen LogP contribution < -0.4 is 10.6 Å². The van der Waals surface area contributed by atoms with Gasteiger partial charge in [-0.05, 0) is 38.0 Å². The van der Waals surface area contributed by atoms with Crippen LogP contribution in [0.15, 0.2) is 35.6 Å². The van der Waals surface area contributed by atoms with Gasteiger partial charge in [-0.2, -0.15) is 5.10 Å². The van der Waals surface area contributed by atoms with E-state index < -0.39 is 17.2 Å². The van der Waals surface area contributed by atoms with Crippen molar-refractivity contribution in [3.05, 3.63) is 53.4 Å². The van der Waals surface area contributed by atoms with E-state index in [1.807, 2.05) is 6.92 Å². The Balaban J connectivity index is 0.00000364. The standard InChI is InChI=1S/C18H25F2N5O.HI/c1-4-21-17(22-6-5-13-7-15(19)9-16(20)8-13)23-12-18(2,26)14-10-24-25(3)11-14;/h7-11,26H,4-6,12H2,1-3H3,(H2,21,22,23);1H. The number of nitrogens with zero attached hydrogens (tertiary/aromatic N) is 3. The molecule has 0 aliphatic rings. The van der Waals surface area contributed by atoms with Crippen molar-refractivity contribution >= 4 is 29.9 Å². The maximum atomic E-state index is 13.2. The van der Waals surface area contributed by atoms with E-state index >= 15 is 0 Å². The zero-order valence-corrected chi connectivity index (χ0v) is 18.0. The van der Waals surface area contributed by atoms with Crippen LogP contribution >= 0.6 is 24.0 Å². The summed E-state index contributed by atoms with van der Waals surface area (Å²) in [6.07, 6.45) is 3.79. The zero-order valence-electron chi connectivity index (χ0n) is 15.7. The van der Waals surface area contributed by atoms with Gasteiger partial charge in [-0.25, -0.2) is 13.8 Å². The molecule has 0 amide bonds. The van der Waals surface area contributed by atoms with E-state index in [2.05, 4.69) is 20.7 Å². The lowest BCUT2D eigenvalue weighted by atomic mass is 10.0. The Labute approximate surface area is 175 Å². The molecule has 0 aliphatic heterocycles. The molecule has 27 heavy (non-hydrogen) atoms. The number of benzene rings is 1. The first kappa shape index (κ1) is 23.3. The van der Waals surface area contributed by atoms with E-state index in [9.17, 15) is 13.9 Å². The largest absolute Gasteiger partial charge is 0.383 e. The maximum absolute atomic E-state index is 13.2. The third kappa shape index (κ3) is 7.41. The van der Waals surface area contributed by atoms with Crippen molar-refractivity contribution < 1.29 is 13.9 Å². The first-order valence-corrected chi connectivity index (χ1v) is 8.49. The van der Waals surface area contributed by atoms with Gasteiger partial charge in [0.05, 0.1) is 12.7 Å². The summed E-state index contributed by atoms with van der Waals surface area (Å²) >= 11 is 0. The average molecular weight is 493 g/mol. The molecule has 1 aromatic heterocycles. The number of aryl methyl sites for hydroxylation is 1. The van der Waals surface area contributed by atoms with Crippen molar-refractivity contribution in [2.45, 2.75) is 25.9 Å². The molecule has 3 N–H and O–H groups in total. The van der Waals surface area contributed by atoms with Crippen LogP contribution in [0.3, 0.4) is 0 Å². The molecule has 0 saturated carbocycles. The van der Waals surface area contributed by atoms with Crippen LogP contribution in [-0.4, -0.2) is 40.5 Å². The minimum absolute atomic E-state index is 0. The molecule has 0 radical (unpaired) electrons. The van der Waals surface area contributed by atoms with Crippen LogP contribution in [0.2, 0.25) is 0 Å². The molecule has 2 rings (SSSR count). The maximum Gasteiger partial charge on any atom is 0.191 e. The number of aliphatic imine (C=N–C) groups is 1. The Kier molecular flexibility index (Phi) is 9.10. The number of rotatable bonds is 7. The second-order valence-corrected chi connectivity index (χ2v) is 6.33. The summed E-state index contributed by atoms with van der Waals surface area (Å²) < 4.78 is 28.1. The quantitative estimate of drug-likeness (QED) is 0.315. The van der Waals surface area contributed by atoms with Gasteiger partial charge >= 0.3 is 0 Å². The summed E-state index contributed by atoms with van der Waals surface area (Å²) in [7, 11) is 1.78. The molecule has 0 saturated heterocycles. The zero-order chi connectivity index (χ0) is 19.2. The van der Waals surface area contributed by atoms with Gasteiger partial charge in [0.2, 0.25) is 0 Å². The van der Waals surface area contributed by atoms with Gasteiger partial charge in [-0.3, -0.25) is 4.68 Å². The van der Waals surface area contributed by atoms with Crippen LogP contribution in [0, 0.1) is 11.6 Å². The molecule has 0 aliphatic carbocycles. The van der Waals surface area contributed by atoms with Crippen LogP contribution in [-0.2, 0) is 19.1 Å². The molecule has 9 heteroatoms. The van der Waals surface area contributed by atoms with Crippen molar-refractivity contribution in [3.8, 4) is 0 Å². The third-order valence-electron chi connectivity index (χ3n) is 3.84. The second kappa shape index (κ2) is 10.5. The van der Waals surface area contributed by atoms with Crippen molar-refractivity contribution in [1.29, 1.82) is 0 Å². The van der Waals surface area contributed by atoms with Gasteiger partial charge < -0.3 is 15.7 Å². The predicted octanol–water partition coefficient (Wildman–Crippen LogP) is 2.32. The lowest BCUT2D eigenvalue weighted by molar-refractivity contribution is 0.0672. The summed E-state index contributed by atoms with van der Waals surface area (Å²) in [5, 5.41) is 20.8. The van der Waals surface area contributed by atoms with Gasteiger partial charge in [0.25, 0.3) is 0 Å². The summed E-state index contributed by atoms with van der Waals surface area (Å²) in [6.45, 7) is 4.84. The molecule has 0 spiro atoms. The average Bonchev–Trinajstić information content (AvgIpc) is 2.99. The molecule has 1 aromatic carbocycles. The van der Waals surface area contributed by atoms with Crippen LogP contribution in [0.4, 0.5) is 8.78 Å². The van der Waals surface area contributed by atoms with E-state index in [1.165, 1.54) is 12.1 Å². The molecular formula is C18H26F2IN5O. The smallest absolute Gasteiger partial charge is 0.191 e. The fourth-order valence-electron chi connectivity index (χ4n) is 2.45. The van der Waals surface area contributed by atoms with Crippen molar-refractivity contribution in [2.24, 2.45) is 12.0 Å². The first-order valence-electron chi connectivity index (χ1n) is 8.49. The fourth-order valence-corrected chi connectivity index (χ4v) is 2.45.